The number of nitrogens with zero attached hydrogens (tertiary/aromatic N) is 2. The summed E-state index contributed by atoms with van der Waals surface area (Å²) in [6.07, 6.45) is 1.34. The molecule has 1 amide bonds. The van der Waals surface area contributed by atoms with E-state index >= 15 is 0 Å². The van der Waals surface area contributed by atoms with Gasteiger partial charge in [-0.05, 0) is 23.6 Å². The van der Waals surface area contributed by atoms with Crippen molar-refractivity contribution in [1.29, 1.82) is 0 Å². The van der Waals surface area contributed by atoms with Gasteiger partial charge in [-0.2, -0.15) is 4.31 Å². The van der Waals surface area contributed by atoms with Crippen LogP contribution in [0.1, 0.15) is 4.88 Å². The quantitative estimate of drug-likeness (QED) is 0.693. The van der Waals surface area contributed by atoms with E-state index in [1.165, 1.54) is 28.3 Å². The van der Waals surface area contributed by atoms with Crippen LogP contribution in [-0.2, 0) is 26.1 Å². The molecule has 1 aliphatic rings. The van der Waals surface area contributed by atoms with Gasteiger partial charge in [-0.1, -0.05) is 17.8 Å². The second-order valence-electron chi connectivity index (χ2n) is 5.49. The lowest BCUT2D eigenvalue weighted by Crippen LogP contribution is -2.40. The van der Waals surface area contributed by atoms with E-state index in [0.717, 1.165) is 4.88 Å². The van der Waals surface area contributed by atoms with Crippen LogP contribution in [0.25, 0.3) is 0 Å². The number of hydrogen-bond donors (Lipinski definition) is 1. The molecule has 0 atom stereocenters. The second kappa shape index (κ2) is 8.96. The van der Waals surface area contributed by atoms with E-state index in [2.05, 4.69) is 10.3 Å². The van der Waals surface area contributed by atoms with E-state index in [9.17, 15) is 13.2 Å². The minimum Gasteiger partial charge on any atom is -0.379 e. The van der Waals surface area contributed by atoms with E-state index in [0.29, 0.717) is 37.9 Å². The molecule has 2 aromatic rings. The molecule has 1 aliphatic heterocycles. The number of amides is 1. The third-order valence-electron chi connectivity index (χ3n) is 3.71. The molecule has 0 saturated carbocycles. The van der Waals surface area contributed by atoms with E-state index in [4.69, 9.17) is 4.74 Å². The van der Waals surface area contributed by atoms with Gasteiger partial charge in [-0.15, -0.1) is 11.3 Å². The van der Waals surface area contributed by atoms with E-state index in [1.54, 1.807) is 17.4 Å². The van der Waals surface area contributed by atoms with Gasteiger partial charge in [0.15, 0.2) is 0 Å². The molecule has 2 aromatic heterocycles. The van der Waals surface area contributed by atoms with E-state index in [-0.39, 0.29) is 16.6 Å². The number of ether oxygens (including phenoxy) is 1. The maximum atomic E-state index is 12.5. The minimum absolute atomic E-state index is 0.0878. The Balaban J connectivity index is 1.51. The standard InChI is InChI=1S/C16H19N3O4S3/c20-15(17-10-13-2-1-9-24-13)12-25-16-4-3-14(11-18-16)26(21,22)19-5-7-23-8-6-19/h1-4,9,11H,5-8,10,12H2,(H,17,20). The lowest BCUT2D eigenvalue weighted by Gasteiger charge is -2.25. The fourth-order valence-electron chi connectivity index (χ4n) is 2.33. The zero-order valence-electron chi connectivity index (χ0n) is 14.0. The molecule has 7 nitrogen and oxygen atoms in total. The van der Waals surface area contributed by atoms with Crippen LogP contribution in [0.3, 0.4) is 0 Å². The Morgan fingerprint density at radius 1 is 1.31 bits per heavy atom. The third kappa shape index (κ3) is 5.04. The molecule has 10 heteroatoms. The van der Waals surface area contributed by atoms with Gasteiger partial charge < -0.3 is 10.1 Å². The third-order valence-corrected chi connectivity index (χ3v) is 7.41. The van der Waals surface area contributed by atoms with Crippen molar-refractivity contribution < 1.29 is 17.9 Å². The predicted octanol–water partition coefficient (Wildman–Crippen LogP) is 1.57. The number of aromatic nitrogens is 1. The summed E-state index contributed by atoms with van der Waals surface area (Å²) in [6.45, 7) is 2.02. The number of morpholine rings is 1. The van der Waals surface area contributed by atoms with Crippen LogP contribution >= 0.6 is 23.1 Å². The van der Waals surface area contributed by atoms with Crippen molar-refractivity contribution in [2.75, 3.05) is 32.1 Å². The molecule has 1 N–H and O–H groups in total. The zero-order chi connectivity index (χ0) is 18.4. The number of carbonyl (C=O) groups is 1. The fourth-order valence-corrected chi connectivity index (χ4v) is 5.00. The number of thioether (sulfide) groups is 1. The summed E-state index contributed by atoms with van der Waals surface area (Å²) in [7, 11) is -3.54. The Bertz CT molecular complexity index is 817. The molecule has 0 bridgehead atoms. The van der Waals surface area contributed by atoms with Crippen molar-refractivity contribution >= 4 is 39.0 Å². The highest BCUT2D eigenvalue weighted by Crippen LogP contribution is 2.20. The number of sulfonamides is 1. The first kappa shape index (κ1) is 19.3. The number of rotatable bonds is 7. The number of pyridine rings is 1. The minimum atomic E-state index is -3.54. The Labute approximate surface area is 160 Å². The molecule has 140 valence electrons. The fraction of sp³-hybridized carbons (Fsp3) is 0.375. The van der Waals surface area contributed by atoms with E-state index < -0.39 is 10.0 Å². The summed E-state index contributed by atoms with van der Waals surface area (Å²) in [5.41, 5.74) is 0. The van der Waals surface area contributed by atoms with Gasteiger partial charge in [0, 0.05) is 24.2 Å². The zero-order valence-corrected chi connectivity index (χ0v) is 16.4. The molecule has 0 unspecified atom stereocenters. The molecule has 0 radical (unpaired) electrons. The molecule has 0 spiro atoms. The molecular formula is C16H19N3O4S3. The van der Waals surface area contributed by atoms with Crippen LogP contribution in [0.4, 0.5) is 0 Å². The highest BCUT2D eigenvalue weighted by atomic mass is 32.2. The van der Waals surface area contributed by atoms with Gasteiger partial charge in [0.2, 0.25) is 15.9 Å². The van der Waals surface area contributed by atoms with Crippen molar-refractivity contribution in [3.63, 3.8) is 0 Å². The normalized spacial score (nSPS) is 15.7. The number of carbonyl (C=O) groups excluding carboxylic acids is 1. The number of hydrogen-bond acceptors (Lipinski definition) is 7. The first-order valence-corrected chi connectivity index (χ1v) is 11.3. The molecule has 1 fully saturated rings. The topological polar surface area (TPSA) is 88.6 Å². The summed E-state index contributed by atoms with van der Waals surface area (Å²) in [5.74, 6) is 0.142. The number of thiophene rings is 1. The first-order chi connectivity index (χ1) is 12.6. The molecular weight excluding hydrogens is 394 g/mol. The van der Waals surface area contributed by atoms with Gasteiger partial charge in [0.05, 0.1) is 30.5 Å². The largest absolute Gasteiger partial charge is 0.379 e. The van der Waals surface area contributed by atoms with Gasteiger partial charge in [0.25, 0.3) is 0 Å². The highest BCUT2D eigenvalue weighted by molar-refractivity contribution is 7.99. The summed E-state index contributed by atoms with van der Waals surface area (Å²) < 4.78 is 31.6. The van der Waals surface area contributed by atoms with Crippen molar-refractivity contribution in [3.8, 4) is 0 Å². The van der Waals surface area contributed by atoms with Crippen LogP contribution in [0.2, 0.25) is 0 Å². The highest BCUT2D eigenvalue weighted by Gasteiger charge is 2.26. The van der Waals surface area contributed by atoms with Crippen molar-refractivity contribution in [2.45, 2.75) is 16.5 Å². The molecule has 1 saturated heterocycles. The lowest BCUT2D eigenvalue weighted by molar-refractivity contribution is -0.118. The average Bonchev–Trinajstić information content (AvgIpc) is 3.19. The maximum Gasteiger partial charge on any atom is 0.244 e. The van der Waals surface area contributed by atoms with Crippen molar-refractivity contribution in [2.24, 2.45) is 0 Å². The van der Waals surface area contributed by atoms with Gasteiger partial charge in [-0.25, -0.2) is 13.4 Å². The predicted molar refractivity (Wildman–Crippen MR) is 101 cm³/mol. The van der Waals surface area contributed by atoms with Gasteiger partial charge >= 0.3 is 0 Å². The monoisotopic (exact) mass is 413 g/mol. The van der Waals surface area contributed by atoms with Crippen LogP contribution in [0.15, 0.2) is 45.8 Å². The Hall–Kier alpha value is -1.46. The first-order valence-electron chi connectivity index (χ1n) is 8.01. The van der Waals surface area contributed by atoms with Crippen molar-refractivity contribution in [1.82, 2.24) is 14.6 Å². The Kier molecular flexibility index (Phi) is 6.65. The van der Waals surface area contributed by atoms with Gasteiger partial charge in [0.1, 0.15) is 4.90 Å². The molecule has 3 rings (SSSR count). The van der Waals surface area contributed by atoms with Crippen LogP contribution in [-0.4, -0.2) is 55.7 Å². The average molecular weight is 414 g/mol. The summed E-state index contributed by atoms with van der Waals surface area (Å²) >= 11 is 2.86. The molecule has 3 heterocycles. The summed E-state index contributed by atoms with van der Waals surface area (Å²) in [4.78, 5) is 17.3. The smallest absolute Gasteiger partial charge is 0.244 e. The lowest BCUT2D eigenvalue weighted by atomic mass is 10.4. The van der Waals surface area contributed by atoms with Crippen LogP contribution in [0, 0.1) is 0 Å². The van der Waals surface area contributed by atoms with E-state index in [1.807, 2.05) is 17.5 Å². The van der Waals surface area contributed by atoms with Gasteiger partial charge in [-0.3, -0.25) is 4.79 Å². The maximum absolute atomic E-state index is 12.5. The van der Waals surface area contributed by atoms with Crippen molar-refractivity contribution in [3.05, 3.63) is 40.7 Å². The Morgan fingerprint density at radius 3 is 2.77 bits per heavy atom. The van der Waals surface area contributed by atoms with Crippen LogP contribution < -0.4 is 5.32 Å². The molecule has 0 aliphatic carbocycles. The molecule has 0 aromatic carbocycles. The number of nitrogens with one attached hydrogen (secondary N) is 1. The Morgan fingerprint density at radius 2 is 2.12 bits per heavy atom. The summed E-state index contributed by atoms with van der Waals surface area (Å²) in [6, 6.07) is 7.07. The SMILES string of the molecule is O=C(CSc1ccc(S(=O)(=O)N2CCOCC2)cn1)NCc1cccs1. The summed E-state index contributed by atoms with van der Waals surface area (Å²) in [5, 5.41) is 5.42. The van der Waals surface area contributed by atoms with Crippen LogP contribution in [0.5, 0.6) is 0 Å². The second-order valence-corrected chi connectivity index (χ2v) is 9.46. The molecule has 26 heavy (non-hydrogen) atoms.